The Bertz CT molecular complexity index is 191. The van der Waals surface area contributed by atoms with E-state index in [9.17, 15) is 0 Å². The Hall–Kier alpha value is -0.490. The molecule has 1 heteroatoms. The number of fused-ring (bicyclic) bond motifs is 1. The van der Waals surface area contributed by atoms with Crippen LogP contribution in [-0.4, -0.2) is 5.38 Å². The molecular formula is C9H9Cl. The summed E-state index contributed by atoms with van der Waals surface area (Å²) in [5, 5.41) is 0.354. The first kappa shape index (κ1) is 6.23. The molecule has 2 unspecified atom stereocenters. The van der Waals surface area contributed by atoms with E-state index in [1.807, 2.05) is 12.2 Å². The van der Waals surface area contributed by atoms with E-state index in [1.54, 1.807) is 0 Å². The van der Waals surface area contributed by atoms with Crippen molar-refractivity contribution < 1.29 is 0 Å². The average molecular weight is 153 g/mol. The van der Waals surface area contributed by atoms with E-state index in [0.29, 0.717) is 17.2 Å². The largest absolute Gasteiger partial charge is 0.122 e. The molecule has 0 nitrogen and oxygen atoms in total. The molecule has 0 spiro atoms. The molecule has 2 aliphatic carbocycles. The van der Waals surface area contributed by atoms with Crippen LogP contribution in [0.1, 0.15) is 0 Å². The molecule has 0 aromatic carbocycles. The lowest BCUT2D eigenvalue weighted by Crippen LogP contribution is -1.72. The summed E-state index contributed by atoms with van der Waals surface area (Å²) >= 11 is 5.97. The van der Waals surface area contributed by atoms with E-state index in [1.165, 1.54) is 0 Å². The van der Waals surface area contributed by atoms with Crippen LogP contribution in [0.15, 0.2) is 36.5 Å². The standard InChI is InChI=1S/C9H9Cl/c10-9-7-5-3-1-2-4-6-8(7)9/h1-9H. The van der Waals surface area contributed by atoms with Gasteiger partial charge in [-0.2, -0.15) is 0 Å². The van der Waals surface area contributed by atoms with Gasteiger partial charge < -0.3 is 0 Å². The van der Waals surface area contributed by atoms with Crippen LogP contribution >= 0.6 is 11.6 Å². The number of rotatable bonds is 0. The molecule has 1 saturated carbocycles. The van der Waals surface area contributed by atoms with Crippen molar-refractivity contribution in [3.05, 3.63) is 36.5 Å². The smallest absolute Gasteiger partial charge is 0.0473 e. The molecule has 0 radical (unpaired) electrons. The number of halogens is 1. The first-order valence-corrected chi connectivity index (χ1v) is 3.99. The minimum absolute atomic E-state index is 0.354. The first-order valence-electron chi connectivity index (χ1n) is 3.55. The quantitative estimate of drug-likeness (QED) is 0.468. The highest BCUT2D eigenvalue weighted by atomic mass is 35.5. The van der Waals surface area contributed by atoms with Gasteiger partial charge in [0.25, 0.3) is 0 Å². The number of hydrogen-bond acceptors (Lipinski definition) is 0. The molecule has 0 saturated heterocycles. The molecule has 0 heterocycles. The van der Waals surface area contributed by atoms with Gasteiger partial charge in [-0.1, -0.05) is 36.5 Å². The Morgan fingerprint density at radius 2 is 1.30 bits per heavy atom. The molecule has 52 valence electrons. The highest BCUT2D eigenvalue weighted by molar-refractivity contribution is 6.23. The van der Waals surface area contributed by atoms with E-state index in [4.69, 9.17) is 11.6 Å². The summed E-state index contributed by atoms with van der Waals surface area (Å²) in [4.78, 5) is 0. The van der Waals surface area contributed by atoms with Crippen LogP contribution in [-0.2, 0) is 0 Å². The monoisotopic (exact) mass is 152 g/mol. The molecule has 10 heavy (non-hydrogen) atoms. The number of allylic oxidation sites excluding steroid dienone is 6. The zero-order valence-corrected chi connectivity index (χ0v) is 6.33. The lowest BCUT2D eigenvalue weighted by Gasteiger charge is -1.85. The predicted octanol–water partition coefficient (Wildman–Crippen LogP) is 2.52. The molecular weight excluding hydrogens is 144 g/mol. The van der Waals surface area contributed by atoms with Crippen molar-refractivity contribution in [3.8, 4) is 0 Å². The fourth-order valence-corrected chi connectivity index (χ4v) is 1.72. The van der Waals surface area contributed by atoms with Crippen LogP contribution in [0.5, 0.6) is 0 Å². The van der Waals surface area contributed by atoms with Gasteiger partial charge in [0.2, 0.25) is 0 Å². The van der Waals surface area contributed by atoms with E-state index in [0.717, 1.165) is 0 Å². The summed E-state index contributed by atoms with van der Waals surface area (Å²) in [5.41, 5.74) is 0. The lowest BCUT2D eigenvalue weighted by atomic mass is 10.2. The SMILES string of the molecule is ClC1C2C=CC=CC=CC12. The number of alkyl halides is 1. The van der Waals surface area contributed by atoms with Gasteiger partial charge in [0.05, 0.1) is 0 Å². The first-order chi connectivity index (χ1) is 4.89. The van der Waals surface area contributed by atoms with Crippen LogP contribution in [0.4, 0.5) is 0 Å². The fourth-order valence-electron chi connectivity index (χ4n) is 1.30. The average Bonchev–Trinajstić information content (AvgIpc) is 2.39. The summed E-state index contributed by atoms with van der Waals surface area (Å²) in [6.07, 6.45) is 12.6. The molecule has 2 aliphatic rings. The van der Waals surface area contributed by atoms with Gasteiger partial charge in [-0.05, 0) is 0 Å². The van der Waals surface area contributed by atoms with Gasteiger partial charge in [-0.25, -0.2) is 0 Å². The molecule has 1 fully saturated rings. The van der Waals surface area contributed by atoms with E-state index < -0.39 is 0 Å². The number of hydrogen-bond donors (Lipinski definition) is 0. The van der Waals surface area contributed by atoms with Crippen molar-refractivity contribution in [3.63, 3.8) is 0 Å². The minimum atomic E-state index is 0.354. The Labute approximate surface area is 65.9 Å². The van der Waals surface area contributed by atoms with Crippen molar-refractivity contribution in [2.75, 3.05) is 0 Å². The normalized spacial score (nSPS) is 42.3. The summed E-state index contributed by atoms with van der Waals surface area (Å²) in [6.45, 7) is 0. The maximum Gasteiger partial charge on any atom is 0.0473 e. The highest BCUT2D eigenvalue weighted by Crippen LogP contribution is 2.46. The van der Waals surface area contributed by atoms with E-state index in [2.05, 4.69) is 24.3 Å². The molecule has 0 amide bonds. The Kier molecular flexibility index (Phi) is 1.42. The third kappa shape index (κ3) is 0.929. The van der Waals surface area contributed by atoms with Gasteiger partial charge in [-0.15, -0.1) is 11.6 Å². The molecule has 0 N–H and O–H groups in total. The third-order valence-electron chi connectivity index (χ3n) is 2.04. The maximum absolute atomic E-state index is 5.97. The van der Waals surface area contributed by atoms with Crippen molar-refractivity contribution >= 4 is 11.6 Å². The van der Waals surface area contributed by atoms with E-state index >= 15 is 0 Å². The highest BCUT2D eigenvalue weighted by Gasteiger charge is 2.44. The van der Waals surface area contributed by atoms with Gasteiger partial charge >= 0.3 is 0 Å². The van der Waals surface area contributed by atoms with Crippen LogP contribution < -0.4 is 0 Å². The lowest BCUT2D eigenvalue weighted by molar-refractivity contribution is 0.993. The van der Waals surface area contributed by atoms with Crippen molar-refractivity contribution in [1.82, 2.24) is 0 Å². The maximum atomic E-state index is 5.97. The molecule has 2 atom stereocenters. The third-order valence-corrected chi connectivity index (χ3v) is 2.62. The van der Waals surface area contributed by atoms with Crippen LogP contribution in [0.2, 0.25) is 0 Å². The summed E-state index contributed by atoms with van der Waals surface area (Å²) in [6, 6.07) is 0. The fraction of sp³-hybridized carbons (Fsp3) is 0.333. The minimum Gasteiger partial charge on any atom is -0.122 e. The van der Waals surface area contributed by atoms with Crippen LogP contribution in [0, 0.1) is 11.8 Å². The Balaban J connectivity index is 2.19. The van der Waals surface area contributed by atoms with Gasteiger partial charge in [0.1, 0.15) is 0 Å². The zero-order chi connectivity index (χ0) is 6.97. The molecule has 0 aromatic heterocycles. The Morgan fingerprint density at radius 3 is 1.80 bits per heavy atom. The molecule has 0 aliphatic heterocycles. The van der Waals surface area contributed by atoms with Gasteiger partial charge in [0, 0.05) is 17.2 Å². The Morgan fingerprint density at radius 1 is 0.800 bits per heavy atom. The molecule has 0 bridgehead atoms. The summed E-state index contributed by atoms with van der Waals surface area (Å²) in [7, 11) is 0. The topological polar surface area (TPSA) is 0 Å². The summed E-state index contributed by atoms with van der Waals surface area (Å²) in [5.74, 6) is 1.20. The van der Waals surface area contributed by atoms with Crippen LogP contribution in [0.25, 0.3) is 0 Å². The van der Waals surface area contributed by atoms with Gasteiger partial charge in [0.15, 0.2) is 0 Å². The predicted molar refractivity (Wildman–Crippen MR) is 44.0 cm³/mol. The van der Waals surface area contributed by atoms with Gasteiger partial charge in [-0.3, -0.25) is 0 Å². The van der Waals surface area contributed by atoms with Crippen molar-refractivity contribution in [2.24, 2.45) is 11.8 Å². The molecule has 2 rings (SSSR count). The van der Waals surface area contributed by atoms with Crippen LogP contribution in [0.3, 0.4) is 0 Å². The van der Waals surface area contributed by atoms with Crippen molar-refractivity contribution in [1.29, 1.82) is 0 Å². The second-order valence-electron chi connectivity index (χ2n) is 2.75. The second-order valence-corrected chi connectivity index (χ2v) is 3.26. The van der Waals surface area contributed by atoms with Crippen molar-refractivity contribution in [2.45, 2.75) is 5.38 Å². The summed E-state index contributed by atoms with van der Waals surface area (Å²) < 4.78 is 0. The second kappa shape index (κ2) is 2.28. The molecule has 0 aromatic rings. The zero-order valence-electron chi connectivity index (χ0n) is 5.57. The van der Waals surface area contributed by atoms with E-state index in [-0.39, 0.29) is 0 Å².